The van der Waals surface area contributed by atoms with Crippen LogP contribution in [0.4, 0.5) is 10.7 Å². The molecule has 2 fully saturated rings. The number of aromatic nitrogens is 2. The number of rotatable bonds is 3. The summed E-state index contributed by atoms with van der Waals surface area (Å²) in [7, 11) is 1.31. The number of epoxide rings is 1. The number of allylic oxidation sites excluding steroid dienone is 2. The maximum Gasteiger partial charge on any atom is 0.413 e. The van der Waals surface area contributed by atoms with Gasteiger partial charge in [0.05, 0.1) is 23.7 Å². The summed E-state index contributed by atoms with van der Waals surface area (Å²) in [5.41, 5.74) is 3.57. The number of ether oxygens (including phenoxy) is 3. The normalized spacial score (nSPS) is 25.8. The SMILES string of the molecule is C=C1C(=O)OC2C1CCC(C)=CCCC1(C)OC21.COC(=O)Nc1nc2ccc(Sc3ccccc3)cc2[nH]1. The number of methoxy groups -OCH3 is 1. The number of fused-ring (bicyclic) bond motifs is 4. The quantitative estimate of drug-likeness (QED) is 0.164. The van der Waals surface area contributed by atoms with Crippen molar-refractivity contribution in [2.75, 3.05) is 12.4 Å². The number of esters is 1. The number of nitrogens with zero attached hydrogens (tertiary/aromatic N) is 1. The van der Waals surface area contributed by atoms with Gasteiger partial charge in [0.15, 0.2) is 0 Å². The largest absolute Gasteiger partial charge is 0.455 e. The first-order valence-corrected chi connectivity index (χ1v) is 13.9. The predicted molar refractivity (Wildman–Crippen MR) is 151 cm³/mol. The molecule has 2 saturated heterocycles. The van der Waals surface area contributed by atoms with Gasteiger partial charge in [-0.2, -0.15) is 0 Å². The van der Waals surface area contributed by atoms with Crippen LogP contribution in [0.5, 0.6) is 0 Å². The van der Waals surface area contributed by atoms with Crippen LogP contribution in [-0.4, -0.2) is 46.9 Å². The number of anilines is 1. The number of carbonyl (C=O) groups is 2. The molecule has 6 rings (SSSR count). The molecule has 2 N–H and O–H groups in total. The Morgan fingerprint density at radius 1 is 1.23 bits per heavy atom. The highest BCUT2D eigenvalue weighted by Crippen LogP contribution is 2.49. The fourth-order valence-corrected chi connectivity index (χ4v) is 5.97. The summed E-state index contributed by atoms with van der Waals surface area (Å²) in [4.78, 5) is 32.5. The number of nitrogens with one attached hydrogen (secondary N) is 2. The highest BCUT2D eigenvalue weighted by Gasteiger charge is 2.61. The number of carbonyl (C=O) groups excluding carboxylic acids is 2. The molecule has 0 bridgehead atoms. The molecule has 2 aliphatic heterocycles. The van der Waals surface area contributed by atoms with Crippen LogP contribution in [0, 0.1) is 5.92 Å². The van der Waals surface area contributed by atoms with Crippen molar-refractivity contribution >= 4 is 40.8 Å². The second-order valence-corrected chi connectivity index (χ2v) is 11.4. The lowest BCUT2D eigenvalue weighted by atomic mass is 9.84. The van der Waals surface area contributed by atoms with Gasteiger partial charge in [-0.1, -0.05) is 48.2 Å². The maximum absolute atomic E-state index is 11.7. The van der Waals surface area contributed by atoms with E-state index in [2.05, 4.69) is 58.7 Å². The van der Waals surface area contributed by atoms with Gasteiger partial charge in [0.25, 0.3) is 0 Å². The highest BCUT2D eigenvalue weighted by atomic mass is 32.2. The zero-order valence-corrected chi connectivity index (χ0v) is 23.2. The fraction of sp³-hybridized carbons (Fsp3) is 0.367. The van der Waals surface area contributed by atoms with Gasteiger partial charge >= 0.3 is 12.1 Å². The van der Waals surface area contributed by atoms with Gasteiger partial charge in [0.2, 0.25) is 5.95 Å². The summed E-state index contributed by atoms with van der Waals surface area (Å²) in [5, 5.41) is 2.52. The predicted octanol–water partition coefficient (Wildman–Crippen LogP) is 6.65. The molecular weight excluding hydrogens is 514 g/mol. The van der Waals surface area contributed by atoms with Gasteiger partial charge in [-0.25, -0.2) is 14.6 Å². The van der Waals surface area contributed by atoms with Crippen molar-refractivity contribution in [2.45, 2.75) is 67.1 Å². The van der Waals surface area contributed by atoms with Crippen molar-refractivity contribution in [1.29, 1.82) is 0 Å². The van der Waals surface area contributed by atoms with E-state index in [1.54, 1.807) is 11.8 Å². The first-order chi connectivity index (χ1) is 18.8. The molecule has 39 heavy (non-hydrogen) atoms. The Morgan fingerprint density at radius 2 is 2.03 bits per heavy atom. The lowest BCUT2D eigenvalue weighted by Crippen LogP contribution is -2.28. The van der Waals surface area contributed by atoms with Gasteiger partial charge in [-0.05, 0) is 69.9 Å². The molecule has 3 aliphatic rings. The summed E-state index contributed by atoms with van der Waals surface area (Å²) in [6.07, 6.45) is 5.71. The minimum Gasteiger partial charge on any atom is -0.455 e. The molecular formula is C30H33N3O5S. The van der Waals surface area contributed by atoms with Crippen LogP contribution >= 0.6 is 11.8 Å². The van der Waals surface area contributed by atoms with Crippen LogP contribution in [0.2, 0.25) is 0 Å². The average Bonchev–Trinajstić information content (AvgIpc) is 3.28. The van der Waals surface area contributed by atoms with Crippen molar-refractivity contribution in [1.82, 2.24) is 9.97 Å². The Balaban J connectivity index is 0.000000160. The van der Waals surface area contributed by atoms with Gasteiger partial charge in [0.1, 0.15) is 12.2 Å². The summed E-state index contributed by atoms with van der Waals surface area (Å²) < 4.78 is 15.9. The topological polar surface area (TPSA) is 106 Å². The van der Waals surface area contributed by atoms with Crippen LogP contribution in [0.25, 0.3) is 11.0 Å². The Labute approximate surface area is 232 Å². The van der Waals surface area contributed by atoms with Crippen LogP contribution in [0.3, 0.4) is 0 Å². The molecule has 4 atom stereocenters. The molecule has 1 aliphatic carbocycles. The number of H-pyrrole nitrogens is 1. The van der Waals surface area contributed by atoms with E-state index < -0.39 is 6.09 Å². The Bertz CT molecular complexity index is 1420. The van der Waals surface area contributed by atoms with Gasteiger partial charge < -0.3 is 19.2 Å². The van der Waals surface area contributed by atoms with Crippen molar-refractivity contribution in [3.8, 4) is 0 Å². The third kappa shape index (κ3) is 6.20. The van der Waals surface area contributed by atoms with E-state index in [0.29, 0.717) is 11.5 Å². The van der Waals surface area contributed by atoms with E-state index in [4.69, 9.17) is 9.47 Å². The second-order valence-electron chi connectivity index (χ2n) is 10.3. The molecule has 204 valence electrons. The van der Waals surface area contributed by atoms with Crippen LogP contribution in [0.15, 0.2) is 82.1 Å². The molecule has 9 heteroatoms. The van der Waals surface area contributed by atoms with E-state index in [1.165, 1.54) is 17.6 Å². The lowest BCUT2D eigenvalue weighted by molar-refractivity contribution is -0.140. The Hall–Kier alpha value is -3.56. The Morgan fingerprint density at radius 3 is 2.79 bits per heavy atom. The molecule has 1 amide bonds. The van der Waals surface area contributed by atoms with E-state index in [0.717, 1.165) is 41.6 Å². The standard InChI is InChI=1S/C15H13N3O2S.C15H20O3/c1-20-15(19)18-14-16-12-8-7-11(9-13(12)17-14)21-10-5-3-2-4-6-10;1-9-5-4-8-15(3)13(18-15)12-11(7-6-9)10(2)14(16)17-12/h2-9H,1H3,(H2,16,17,18,19);5,11-13H,2,4,6-8H2,1,3H3. The Kier molecular flexibility index (Phi) is 7.81. The van der Waals surface area contributed by atoms with Gasteiger partial charge in [0, 0.05) is 21.3 Å². The van der Waals surface area contributed by atoms with Crippen molar-refractivity contribution in [2.24, 2.45) is 5.92 Å². The average molecular weight is 548 g/mol. The fourth-order valence-electron chi connectivity index (χ4n) is 5.09. The minimum absolute atomic E-state index is 0.0671. The molecule has 4 unspecified atom stereocenters. The number of imidazole rings is 1. The molecule has 0 spiro atoms. The van der Waals surface area contributed by atoms with Crippen molar-refractivity contribution in [3.63, 3.8) is 0 Å². The number of hydrogen-bond acceptors (Lipinski definition) is 7. The van der Waals surface area contributed by atoms with Crippen molar-refractivity contribution < 1.29 is 23.8 Å². The number of benzene rings is 2. The molecule has 3 heterocycles. The number of amides is 1. The molecule has 0 radical (unpaired) electrons. The van der Waals surface area contributed by atoms with Gasteiger partial charge in [-0.15, -0.1) is 0 Å². The van der Waals surface area contributed by atoms with E-state index in [-0.39, 0.29) is 29.7 Å². The summed E-state index contributed by atoms with van der Waals surface area (Å²) in [6, 6.07) is 16.1. The molecule has 1 aromatic heterocycles. The molecule has 8 nitrogen and oxygen atoms in total. The molecule has 3 aromatic rings. The monoisotopic (exact) mass is 547 g/mol. The summed E-state index contributed by atoms with van der Waals surface area (Å²) >= 11 is 1.67. The third-order valence-corrected chi connectivity index (χ3v) is 8.41. The molecule has 2 aromatic carbocycles. The second kappa shape index (κ2) is 11.3. The lowest BCUT2D eigenvalue weighted by Gasteiger charge is -2.19. The number of hydrogen-bond donors (Lipinski definition) is 2. The van der Waals surface area contributed by atoms with E-state index >= 15 is 0 Å². The zero-order valence-electron chi connectivity index (χ0n) is 22.4. The first-order valence-electron chi connectivity index (χ1n) is 13.1. The summed E-state index contributed by atoms with van der Waals surface area (Å²) in [6.45, 7) is 8.17. The van der Waals surface area contributed by atoms with Crippen molar-refractivity contribution in [3.05, 3.63) is 72.3 Å². The zero-order chi connectivity index (χ0) is 27.6. The molecule has 0 saturated carbocycles. The van der Waals surface area contributed by atoms with Crippen LogP contribution in [-0.2, 0) is 19.0 Å². The number of aromatic amines is 1. The van der Waals surface area contributed by atoms with Gasteiger partial charge in [-0.3, -0.25) is 5.32 Å². The van der Waals surface area contributed by atoms with Crippen LogP contribution in [0.1, 0.15) is 39.5 Å². The first kappa shape index (κ1) is 27.0. The van der Waals surface area contributed by atoms with E-state index in [9.17, 15) is 9.59 Å². The minimum atomic E-state index is -0.548. The third-order valence-electron chi connectivity index (χ3n) is 7.41. The maximum atomic E-state index is 11.7. The van der Waals surface area contributed by atoms with Crippen LogP contribution < -0.4 is 5.32 Å². The summed E-state index contributed by atoms with van der Waals surface area (Å²) in [5.74, 6) is 0.271. The van der Waals surface area contributed by atoms with E-state index in [1.807, 2.05) is 36.4 Å². The highest BCUT2D eigenvalue weighted by molar-refractivity contribution is 7.99. The smallest absolute Gasteiger partial charge is 0.413 e.